The molecule has 3 aromatic rings. The summed E-state index contributed by atoms with van der Waals surface area (Å²) in [6.45, 7) is 4.99. The van der Waals surface area contributed by atoms with E-state index in [1.807, 2.05) is 26.0 Å². The summed E-state index contributed by atoms with van der Waals surface area (Å²) in [7, 11) is 0. The van der Waals surface area contributed by atoms with Gasteiger partial charge < -0.3 is 0 Å². The van der Waals surface area contributed by atoms with Gasteiger partial charge in [-0.25, -0.2) is 0 Å². The van der Waals surface area contributed by atoms with E-state index in [-0.39, 0.29) is 11.9 Å². The molecule has 178 valence electrons. The van der Waals surface area contributed by atoms with Crippen LogP contribution in [0.3, 0.4) is 0 Å². The molecule has 2 heterocycles. The Morgan fingerprint density at radius 3 is 1.61 bits per heavy atom. The molecule has 0 spiro atoms. The van der Waals surface area contributed by atoms with E-state index in [1.165, 1.54) is 0 Å². The van der Waals surface area contributed by atoms with Gasteiger partial charge in [-0.15, -0.1) is 0 Å². The Morgan fingerprint density at radius 2 is 1.21 bits per heavy atom. The second kappa shape index (κ2) is 14.9. The Labute approximate surface area is 211 Å². The van der Waals surface area contributed by atoms with E-state index in [4.69, 9.17) is 9.47 Å². The van der Waals surface area contributed by atoms with Gasteiger partial charge in [-0.1, -0.05) is 24.3 Å². The fourth-order valence-corrected chi connectivity index (χ4v) is 12.4. The number of halogens is 2. The van der Waals surface area contributed by atoms with Crippen molar-refractivity contribution >= 4 is 73.1 Å². The van der Waals surface area contributed by atoms with Crippen LogP contribution in [0.2, 0.25) is 8.87 Å². The van der Waals surface area contributed by atoms with Gasteiger partial charge in [0.15, 0.2) is 0 Å². The zero-order chi connectivity index (χ0) is 24.1. The Morgan fingerprint density at radius 1 is 0.788 bits per heavy atom. The number of rotatable bonds is 10. The molecule has 0 atom stereocenters. The first-order valence-corrected chi connectivity index (χ1v) is 28.0. The minimum absolute atomic E-state index is 0.237. The first-order chi connectivity index (χ1) is 15.9. The van der Waals surface area contributed by atoms with Crippen LogP contribution in [-0.2, 0) is 19.1 Å². The molecule has 0 aliphatic heterocycles. The summed E-state index contributed by atoms with van der Waals surface area (Å²) in [5, 5.41) is 2.28. The van der Waals surface area contributed by atoms with Crippen molar-refractivity contribution in [2.24, 2.45) is 0 Å². The molecule has 1 aromatic carbocycles. The summed E-state index contributed by atoms with van der Waals surface area (Å²) in [4.78, 5) is 31.9. The van der Waals surface area contributed by atoms with E-state index in [9.17, 15) is 9.59 Å². The van der Waals surface area contributed by atoms with Gasteiger partial charge in [0, 0.05) is 23.2 Å². The van der Waals surface area contributed by atoms with Gasteiger partial charge in [-0.05, 0) is 12.1 Å². The zero-order valence-corrected chi connectivity index (χ0v) is 25.1. The minimum Gasteiger partial charge on any atom is -0.254 e. The van der Waals surface area contributed by atoms with Gasteiger partial charge in [0.1, 0.15) is 0 Å². The molecule has 0 unspecified atom stereocenters. The second-order valence-corrected chi connectivity index (χ2v) is 42.0. The maximum atomic E-state index is 11.6. The Kier molecular flexibility index (Phi) is 12.6. The number of ether oxygens (including phenoxy) is 2. The summed E-state index contributed by atoms with van der Waals surface area (Å²) >= 11 is 4.02. The summed E-state index contributed by atoms with van der Waals surface area (Å²) in [5.74, 6) is -0.473. The number of fused-ring (bicyclic) bond motifs is 3. The van der Waals surface area contributed by atoms with Crippen molar-refractivity contribution in [3.63, 3.8) is 0 Å². The fraction of sp³-hybridized carbons (Fsp3) is 0.417. The largest absolute Gasteiger partial charge is 0.254 e. The summed E-state index contributed by atoms with van der Waals surface area (Å²) in [6.07, 6.45) is 7.34. The molecule has 0 fully saturated rings. The Hall–Kier alpha value is -1.26. The molecule has 0 N–H and O–H groups in total. The number of aromatic nitrogens is 2. The topological polar surface area (TPSA) is 78.4 Å². The number of carbonyl (C=O) groups is 2. The van der Waals surface area contributed by atoms with E-state index in [2.05, 4.69) is 59.6 Å². The van der Waals surface area contributed by atoms with Crippen molar-refractivity contribution in [2.45, 2.75) is 48.4 Å². The molecule has 2 aromatic heterocycles. The number of hydrogen-bond acceptors (Lipinski definition) is 6. The number of pyridine rings is 2. The molecule has 3 rings (SSSR count). The number of hydrogen-bond donors (Lipinski definition) is 0. The third-order valence-electron chi connectivity index (χ3n) is 4.67. The van der Waals surface area contributed by atoms with Crippen molar-refractivity contribution < 1.29 is 19.1 Å². The minimum atomic E-state index is -3.04. The van der Waals surface area contributed by atoms with Gasteiger partial charge >= 0.3 is 132 Å². The predicted molar refractivity (Wildman–Crippen MR) is 142 cm³/mol. The average molecular weight is 689 g/mol. The molecule has 0 aliphatic rings. The van der Waals surface area contributed by atoms with Crippen LogP contribution in [0.5, 0.6) is 0 Å². The molecule has 6 nitrogen and oxygen atoms in total. The predicted octanol–water partition coefficient (Wildman–Crippen LogP) is 6.69. The maximum Gasteiger partial charge on any atom is 0.0964 e. The van der Waals surface area contributed by atoms with Crippen LogP contribution in [0.1, 0.15) is 39.5 Å². The SMILES string of the molecule is CCCCOC(=O)[CH2][Sn]([Br])([Br])[CH2]C(=O)OCCCC.c1cnc2c(c1)ccc1cccnc12. The van der Waals surface area contributed by atoms with E-state index >= 15 is 0 Å². The first kappa shape index (κ1) is 28.0. The van der Waals surface area contributed by atoms with Crippen LogP contribution in [0.4, 0.5) is 0 Å². The van der Waals surface area contributed by atoms with Crippen molar-refractivity contribution in [2.75, 3.05) is 13.2 Å². The van der Waals surface area contributed by atoms with Gasteiger partial charge in [0.2, 0.25) is 0 Å². The number of esters is 2. The second-order valence-electron chi connectivity index (χ2n) is 7.57. The normalized spacial score (nSPS) is 11.0. The van der Waals surface area contributed by atoms with Crippen molar-refractivity contribution in [1.29, 1.82) is 0 Å². The molecular weight excluding hydrogens is 659 g/mol. The average Bonchev–Trinajstić information content (AvgIpc) is 2.79. The van der Waals surface area contributed by atoms with E-state index in [0.717, 1.165) is 47.5 Å². The van der Waals surface area contributed by atoms with Crippen molar-refractivity contribution in [1.82, 2.24) is 9.97 Å². The quantitative estimate of drug-likeness (QED) is 0.102. The Bertz CT molecular complexity index is 968. The standard InChI is InChI=1S/C12H8N2.2C6H11O2.2BrH.Sn/c1-3-9-5-6-10-4-2-8-14-12(10)11(9)13-7-1;2*1-3-4-5-8-6(2)7;;;/h1-8H;2*2-5H2,1H3;2*1H;/q;;;;;+2/p-2. The van der Waals surface area contributed by atoms with Crippen LogP contribution in [-0.4, -0.2) is 49.1 Å². The number of benzene rings is 1. The van der Waals surface area contributed by atoms with Crippen molar-refractivity contribution in [3.05, 3.63) is 48.8 Å². The van der Waals surface area contributed by atoms with Crippen LogP contribution in [0.15, 0.2) is 48.8 Å². The molecule has 0 saturated carbocycles. The van der Waals surface area contributed by atoms with E-state index in [0.29, 0.717) is 22.1 Å². The molecule has 0 amide bonds. The molecular formula is C24H30Br2N2O4Sn. The smallest absolute Gasteiger partial charge is 0.0964 e. The Balaban J connectivity index is 0.000000241. The van der Waals surface area contributed by atoms with Gasteiger partial charge in [-0.3, -0.25) is 9.97 Å². The molecule has 0 radical (unpaired) electrons. The van der Waals surface area contributed by atoms with Crippen LogP contribution in [0.25, 0.3) is 21.8 Å². The van der Waals surface area contributed by atoms with E-state index < -0.39 is 13.9 Å². The molecule has 9 heteroatoms. The van der Waals surface area contributed by atoms with Crippen LogP contribution >= 0.6 is 25.4 Å². The van der Waals surface area contributed by atoms with Gasteiger partial charge in [0.05, 0.1) is 11.0 Å². The van der Waals surface area contributed by atoms with Crippen LogP contribution < -0.4 is 0 Å². The van der Waals surface area contributed by atoms with Crippen LogP contribution in [0, 0.1) is 0 Å². The number of nitrogens with zero attached hydrogens (tertiary/aromatic N) is 2. The third-order valence-corrected chi connectivity index (χ3v) is 16.8. The number of unbranched alkanes of at least 4 members (excludes halogenated alkanes) is 2. The van der Waals surface area contributed by atoms with Gasteiger partial charge in [-0.2, -0.15) is 0 Å². The monoisotopic (exact) mass is 688 g/mol. The number of carbonyl (C=O) groups excluding carboxylic acids is 2. The summed E-state index contributed by atoms with van der Waals surface area (Å²) in [5.41, 5.74) is 1.95. The van der Waals surface area contributed by atoms with Crippen molar-refractivity contribution in [3.8, 4) is 0 Å². The van der Waals surface area contributed by atoms with Gasteiger partial charge in [0.25, 0.3) is 0 Å². The summed E-state index contributed by atoms with van der Waals surface area (Å²) < 4.78 is 10.8. The molecule has 0 aliphatic carbocycles. The fourth-order valence-electron chi connectivity index (χ4n) is 2.93. The zero-order valence-electron chi connectivity index (χ0n) is 19.1. The summed E-state index contributed by atoms with van der Waals surface area (Å²) in [6, 6.07) is 12.1. The molecule has 33 heavy (non-hydrogen) atoms. The molecule has 0 saturated heterocycles. The third kappa shape index (κ3) is 10.3. The molecule has 0 bridgehead atoms. The maximum absolute atomic E-state index is 11.6. The van der Waals surface area contributed by atoms with E-state index in [1.54, 1.807) is 12.4 Å². The first-order valence-electron chi connectivity index (χ1n) is 11.1.